The van der Waals surface area contributed by atoms with Crippen molar-refractivity contribution in [1.82, 2.24) is 15.3 Å². The summed E-state index contributed by atoms with van der Waals surface area (Å²) in [6.07, 6.45) is 0. The van der Waals surface area contributed by atoms with E-state index in [0.29, 0.717) is 21.7 Å². The van der Waals surface area contributed by atoms with Crippen LogP contribution in [0.2, 0.25) is 0 Å². The Morgan fingerprint density at radius 3 is 2.86 bits per heavy atom. The fraction of sp³-hybridized carbons (Fsp3) is 0.263. The molecule has 0 radical (unpaired) electrons. The lowest BCUT2D eigenvalue weighted by atomic mass is 10.1. The highest BCUT2D eigenvalue weighted by Crippen LogP contribution is 2.32. The van der Waals surface area contributed by atoms with Gasteiger partial charge in [0.15, 0.2) is 6.61 Å². The van der Waals surface area contributed by atoms with Gasteiger partial charge in [-0.05, 0) is 43.5 Å². The number of thiophene rings is 1. The van der Waals surface area contributed by atoms with Crippen LogP contribution in [0.15, 0.2) is 16.9 Å². The van der Waals surface area contributed by atoms with E-state index in [1.807, 2.05) is 26.8 Å². The molecule has 0 fully saturated rings. The highest BCUT2D eigenvalue weighted by atomic mass is 32.1. The zero-order chi connectivity index (χ0) is 20.0. The minimum Gasteiger partial charge on any atom is -0.481 e. The van der Waals surface area contributed by atoms with Crippen LogP contribution in [0.25, 0.3) is 10.2 Å². The second-order valence-electron chi connectivity index (χ2n) is 6.69. The molecule has 9 heteroatoms. The molecular formula is C19H18N4O4S. The third kappa shape index (κ3) is 3.13. The Morgan fingerprint density at radius 1 is 1.29 bits per heavy atom. The van der Waals surface area contributed by atoms with Crippen molar-refractivity contribution in [2.24, 2.45) is 0 Å². The van der Waals surface area contributed by atoms with Crippen LogP contribution < -0.4 is 20.9 Å². The van der Waals surface area contributed by atoms with Crippen LogP contribution in [0.3, 0.4) is 0 Å². The number of aryl methyl sites for hydroxylation is 3. The largest absolute Gasteiger partial charge is 0.481 e. The van der Waals surface area contributed by atoms with Crippen LogP contribution in [0.5, 0.6) is 5.75 Å². The summed E-state index contributed by atoms with van der Waals surface area (Å²) in [5.74, 6) is -0.0808. The normalized spacial score (nSPS) is 13.0. The molecule has 0 aliphatic carbocycles. The number of aromatic nitrogens is 2. The molecular weight excluding hydrogens is 380 g/mol. The van der Waals surface area contributed by atoms with E-state index in [1.54, 1.807) is 6.07 Å². The van der Waals surface area contributed by atoms with E-state index in [0.717, 1.165) is 21.6 Å². The molecule has 28 heavy (non-hydrogen) atoms. The summed E-state index contributed by atoms with van der Waals surface area (Å²) >= 11 is 1.39. The molecule has 2 amide bonds. The SMILES string of the molecule is Cc1cc(CNC(=O)c2nc3sc(C)c(C)c3c(=O)[nH]2)cc2c1OCC(=O)N2. The maximum Gasteiger partial charge on any atom is 0.287 e. The zero-order valence-electron chi connectivity index (χ0n) is 15.6. The van der Waals surface area contributed by atoms with Gasteiger partial charge in [-0.15, -0.1) is 11.3 Å². The van der Waals surface area contributed by atoms with Crippen molar-refractivity contribution in [2.75, 3.05) is 11.9 Å². The number of nitrogens with one attached hydrogen (secondary N) is 3. The minimum absolute atomic E-state index is 0.00684. The van der Waals surface area contributed by atoms with Crippen LogP contribution in [0.4, 0.5) is 5.69 Å². The van der Waals surface area contributed by atoms with Gasteiger partial charge < -0.3 is 20.4 Å². The van der Waals surface area contributed by atoms with Crippen LogP contribution in [0.1, 0.15) is 32.2 Å². The first-order valence-electron chi connectivity index (χ1n) is 8.68. The topological polar surface area (TPSA) is 113 Å². The van der Waals surface area contributed by atoms with E-state index in [1.165, 1.54) is 11.3 Å². The number of benzene rings is 1. The maximum atomic E-state index is 12.5. The number of anilines is 1. The van der Waals surface area contributed by atoms with Gasteiger partial charge in [-0.3, -0.25) is 14.4 Å². The molecule has 2 aromatic heterocycles. The lowest BCUT2D eigenvalue weighted by Crippen LogP contribution is -2.28. The third-order valence-electron chi connectivity index (χ3n) is 4.66. The fourth-order valence-corrected chi connectivity index (χ4v) is 4.22. The highest BCUT2D eigenvalue weighted by Gasteiger charge is 2.19. The first kappa shape index (κ1) is 18.2. The summed E-state index contributed by atoms with van der Waals surface area (Å²) in [7, 11) is 0. The molecule has 0 atom stereocenters. The molecule has 4 rings (SSSR count). The van der Waals surface area contributed by atoms with E-state index in [-0.39, 0.29) is 30.4 Å². The number of H-pyrrole nitrogens is 1. The third-order valence-corrected chi connectivity index (χ3v) is 5.76. The predicted octanol–water partition coefficient (Wildman–Crippen LogP) is 2.17. The number of ether oxygens (including phenoxy) is 1. The summed E-state index contributed by atoms with van der Waals surface area (Å²) in [6, 6.07) is 3.63. The van der Waals surface area contributed by atoms with E-state index in [9.17, 15) is 14.4 Å². The van der Waals surface area contributed by atoms with Gasteiger partial charge in [0, 0.05) is 11.4 Å². The van der Waals surface area contributed by atoms with Crippen molar-refractivity contribution in [3.8, 4) is 5.75 Å². The standard InChI is InChI=1S/C19H18N4O4S/c1-8-4-11(5-12-15(8)27-7-13(24)21-12)6-20-18(26)16-22-17(25)14-9(2)10(3)28-19(14)23-16/h4-5H,6-7H2,1-3H3,(H,20,26)(H,21,24)(H,22,23,25). The van der Waals surface area contributed by atoms with Gasteiger partial charge in [0.2, 0.25) is 5.82 Å². The molecule has 1 aliphatic rings. The predicted molar refractivity (Wildman–Crippen MR) is 106 cm³/mol. The van der Waals surface area contributed by atoms with E-state index in [4.69, 9.17) is 4.74 Å². The first-order valence-corrected chi connectivity index (χ1v) is 9.49. The molecule has 3 aromatic rings. The van der Waals surface area contributed by atoms with Crippen LogP contribution in [-0.4, -0.2) is 28.4 Å². The number of aromatic amines is 1. The van der Waals surface area contributed by atoms with Gasteiger partial charge in [0.25, 0.3) is 17.4 Å². The van der Waals surface area contributed by atoms with Crippen molar-refractivity contribution in [2.45, 2.75) is 27.3 Å². The number of fused-ring (bicyclic) bond motifs is 2. The number of rotatable bonds is 3. The van der Waals surface area contributed by atoms with Crippen LogP contribution >= 0.6 is 11.3 Å². The highest BCUT2D eigenvalue weighted by molar-refractivity contribution is 7.18. The molecule has 0 spiro atoms. The molecule has 1 aliphatic heterocycles. The number of carbonyl (C=O) groups is 2. The molecule has 0 bridgehead atoms. The molecule has 0 saturated heterocycles. The zero-order valence-corrected chi connectivity index (χ0v) is 16.4. The van der Waals surface area contributed by atoms with Gasteiger partial charge in [-0.25, -0.2) is 4.98 Å². The van der Waals surface area contributed by atoms with Gasteiger partial charge in [0.05, 0.1) is 11.1 Å². The van der Waals surface area contributed by atoms with Gasteiger partial charge in [-0.1, -0.05) is 6.07 Å². The van der Waals surface area contributed by atoms with Crippen LogP contribution in [-0.2, 0) is 11.3 Å². The Morgan fingerprint density at radius 2 is 2.07 bits per heavy atom. The molecule has 0 unspecified atom stereocenters. The average Bonchev–Trinajstić information content (AvgIpc) is 2.93. The van der Waals surface area contributed by atoms with Gasteiger partial charge in [-0.2, -0.15) is 0 Å². The molecule has 1 aromatic carbocycles. The van der Waals surface area contributed by atoms with Crippen molar-refractivity contribution in [3.63, 3.8) is 0 Å². The Kier molecular flexibility index (Phi) is 4.38. The first-order chi connectivity index (χ1) is 13.3. The average molecular weight is 398 g/mol. The van der Waals surface area contributed by atoms with Crippen molar-refractivity contribution in [3.05, 3.63) is 49.9 Å². The molecule has 0 saturated carbocycles. The monoisotopic (exact) mass is 398 g/mol. The second-order valence-corrected chi connectivity index (χ2v) is 7.89. The second kappa shape index (κ2) is 6.75. The van der Waals surface area contributed by atoms with Crippen molar-refractivity contribution in [1.29, 1.82) is 0 Å². The van der Waals surface area contributed by atoms with E-state index < -0.39 is 5.91 Å². The van der Waals surface area contributed by atoms with Gasteiger partial charge >= 0.3 is 0 Å². The fourth-order valence-electron chi connectivity index (χ4n) is 3.19. The summed E-state index contributed by atoms with van der Waals surface area (Å²) in [4.78, 5) is 44.7. The number of amides is 2. The molecule has 144 valence electrons. The maximum absolute atomic E-state index is 12.5. The summed E-state index contributed by atoms with van der Waals surface area (Å²) in [6.45, 7) is 5.86. The van der Waals surface area contributed by atoms with E-state index >= 15 is 0 Å². The Labute approximate surface area is 163 Å². The molecule has 8 nitrogen and oxygen atoms in total. The Balaban J connectivity index is 1.56. The minimum atomic E-state index is -0.474. The quantitative estimate of drug-likeness (QED) is 0.626. The number of hydrogen-bond acceptors (Lipinski definition) is 6. The summed E-state index contributed by atoms with van der Waals surface area (Å²) in [5, 5.41) is 6.04. The smallest absolute Gasteiger partial charge is 0.287 e. The number of hydrogen-bond donors (Lipinski definition) is 3. The molecule has 3 N–H and O–H groups in total. The number of nitrogens with zero attached hydrogens (tertiary/aromatic N) is 1. The number of carbonyl (C=O) groups excluding carboxylic acids is 2. The van der Waals surface area contributed by atoms with E-state index in [2.05, 4.69) is 20.6 Å². The lowest BCUT2D eigenvalue weighted by molar-refractivity contribution is -0.118. The van der Waals surface area contributed by atoms with Crippen molar-refractivity contribution >= 4 is 39.1 Å². The van der Waals surface area contributed by atoms with Crippen molar-refractivity contribution < 1.29 is 14.3 Å². The Hall–Kier alpha value is -3.20. The Bertz CT molecular complexity index is 1190. The lowest BCUT2D eigenvalue weighted by Gasteiger charge is -2.21. The molecule has 3 heterocycles. The summed E-state index contributed by atoms with van der Waals surface area (Å²) < 4.78 is 5.43. The van der Waals surface area contributed by atoms with Crippen LogP contribution in [0, 0.1) is 20.8 Å². The van der Waals surface area contributed by atoms with Gasteiger partial charge in [0.1, 0.15) is 10.6 Å². The summed E-state index contributed by atoms with van der Waals surface area (Å²) in [5.41, 5.74) is 2.80.